The highest BCUT2D eigenvalue weighted by molar-refractivity contribution is 9.10. The van der Waals surface area contributed by atoms with Gasteiger partial charge in [0.2, 0.25) is 0 Å². The molecule has 0 saturated carbocycles. The van der Waals surface area contributed by atoms with Crippen molar-refractivity contribution in [3.8, 4) is 11.5 Å². The number of hydrogen-bond donors (Lipinski definition) is 2. The molecule has 0 aliphatic rings. The zero-order valence-corrected chi connectivity index (χ0v) is 17.4. The molecule has 0 spiro atoms. The van der Waals surface area contributed by atoms with Crippen LogP contribution in [0.1, 0.15) is 11.1 Å². The number of aryl methyl sites for hydroxylation is 1. The summed E-state index contributed by atoms with van der Waals surface area (Å²) in [5.74, 6) is 0.825. The van der Waals surface area contributed by atoms with Crippen LogP contribution in [-0.2, 0) is 16.1 Å². The number of benzene rings is 2. The quantitative estimate of drug-likeness (QED) is 0.557. The Kier molecular flexibility index (Phi) is 8.57. The summed E-state index contributed by atoms with van der Waals surface area (Å²) in [6.45, 7) is 3.96. The number of anilines is 1. The van der Waals surface area contributed by atoms with E-state index < -0.39 is 0 Å². The maximum absolute atomic E-state index is 12.1. The van der Waals surface area contributed by atoms with Gasteiger partial charge in [-0.2, -0.15) is 0 Å². The van der Waals surface area contributed by atoms with E-state index in [1.165, 1.54) is 0 Å². The lowest BCUT2D eigenvalue weighted by atomic mass is 10.2. The van der Waals surface area contributed by atoms with Crippen LogP contribution in [0.3, 0.4) is 0 Å². The molecule has 2 aromatic carbocycles. The van der Waals surface area contributed by atoms with E-state index in [4.69, 9.17) is 14.2 Å². The fraction of sp³-hybridized carbons (Fsp3) is 0.350. The number of methoxy groups -OCH3 is 2. The van der Waals surface area contributed by atoms with E-state index in [1.807, 2.05) is 43.3 Å². The van der Waals surface area contributed by atoms with Gasteiger partial charge in [-0.3, -0.25) is 4.79 Å². The first-order chi connectivity index (χ1) is 13.0. The lowest BCUT2D eigenvalue weighted by molar-refractivity contribution is -0.118. The summed E-state index contributed by atoms with van der Waals surface area (Å²) >= 11 is 3.50. The fourth-order valence-electron chi connectivity index (χ4n) is 2.39. The zero-order chi connectivity index (χ0) is 19.6. The summed E-state index contributed by atoms with van der Waals surface area (Å²) < 4.78 is 16.9. The molecule has 0 aliphatic heterocycles. The van der Waals surface area contributed by atoms with Gasteiger partial charge in [0.15, 0.2) is 18.1 Å². The van der Waals surface area contributed by atoms with Crippen molar-refractivity contribution in [1.82, 2.24) is 5.32 Å². The lowest BCUT2D eigenvalue weighted by Gasteiger charge is -2.15. The third-order valence-corrected chi connectivity index (χ3v) is 4.37. The summed E-state index contributed by atoms with van der Waals surface area (Å²) in [6.07, 6.45) is 0. The van der Waals surface area contributed by atoms with Gasteiger partial charge in [0, 0.05) is 25.9 Å². The average Bonchev–Trinajstić information content (AvgIpc) is 2.66. The van der Waals surface area contributed by atoms with E-state index in [2.05, 4.69) is 26.6 Å². The summed E-state index contributed by atoms with van der Waals surface area (Å²) in [5.41, 5.74) is 2.90. The van der Waals surface area contributed by atoms with Crippen LogP contribution in [0.15, 0.2) is 40.9 Å². The highest BCUT2D eigenvalue weighted by Crippen LogP contribution is 2.36. The summed E-state index contributed by atoms with van der Waals surface area (Å²) in [5, 5.41) is 6.08. The third-order valence-electron chi connectivity index (χ3n) is 3.78. The number of nitrogens with one attached hydrogen (secondary N) is 2. The first-order valence-electron chi connectivity index (χ1n) is 8.59. The van der Waals surface area contributed by atoms with E-state index >= 15 is 0 Å². The molecule has 0 bridgehead atoms. The Balaban J connectivity index is 1.96. The smallest absolute Gasteiger partial charge is 0.262 e. The van der Waals surface area contributed by atoms with Crippen molar-refractivity contribution in [2.75, 3.05) is 39.3 Å². The number of rotatable bonds is 10. The summed E-state index contributed by atoms with van der Waals surface area (Å²) in [6, 6.07) is 11.4. The van der Waals surface area contributed by atoms with Gasteiger partial charge < -0.3 is 24.8 Å². The molecule has 0 saturated heterocycles. The Bertz CT molecular complexity index is 750. The van der Waals surface area contributed by atoms with Crippen LogP contribution < -0.4 is 20.1 Å². The Hall–Kier alpha value is -2.09. The number of carbonyl (C=O) groups excluding carboxylic acids is 1. The monoisotopic (exact) mass is 436 g/mol. The molecule has 1 amide bonds. The fourth-order valence-corrected chi connectivity index (χ4v) is 3.00. The standard InChI is InChI=1S/C20H25BrN2O4/c1-14-4-6-16(7-5-14)23-19(24)13-27-20-17(21)10-15(11-18(20)26-3)12-22-8-9-25-2/h4-7,10-11,22H,8-9,12-13H2,1-3H3,(H,23,24). The van der Waals surface area contributed by atoms with Crippen molar-refractivity contribution in [3.63, 3.8) is 0 Å². The highest BCUT2D eigenvalue weighted by atomic mass is 79.9. The molecular weight excluding hydrogens is 412 g/mol. The Morgan fingerprint density at radius 2 is 1.89 bits per heavy atom. The largest absolute Gasteiger partial charge is 0.493 e. The van der Waals surface area contributed by atoms with Crippen LogP contribution >= 0.6 is 15.9 Å². The Labute approximate surface area is 168 Å². The van der Waals surface area contributed by atoms with Crippen molar-refractivity contribution in [1.29, 1.82) is 0 Å². The van der Waals surface area contributed by atoms with Crippen LogP contribution in [0.25, 0.3) is 0 Å². The van der Waals surface area contributed by atoms with E-state index in [0.717, 1.165) is 27.8 Å². The van der Waals surface area contributed by atoms with E-state index in [9.17, 15) is 4.79 Å². The molecule has 6 nitrogen and oxygen atoms in total. The van der Waals surface area contributed by atoms with E-state index in [0.29, 0.717) is 24.7 Å². The second-order valence-corrected chi connectivity index (χ2v) is 6.84. The minimum Gasteiger partial charge on any atom is -0.493 e. The molecule has 0 unspecified atom stereocenters. The van der Waals surface area contributed by atoms with Gasteiger partial charge in [-0.05, 0) is 52.7 Å². The Morgan fingerprint density at radius 1 is 1.15 bits per heavy atom. The summed E-state index contributed by atoms with van der Waals surface area (Å²) in [4.78, 5) is 12.1. The first-order valence-corrected chi connectivity index (χ1v) is 9.38. The van der Waals surface area contributed by atoms with Gasteiger partial charge in [-0.15, -0.1) is 0 Å². The topological polar surface area (TPSA) is 68.8 Å². The van der Waals surface area contributed by atoms with Gasteiger partial charge in [0.25, 0.3) is 5.91 Å². The number of halogens is 1. The highest BCUT2D eigenvalue weighted by Gasteiger charge is 2.14. The lowest BCUT2D eigenvalue weighted by Crippen LogP contribution is -2.21. The zero-order valence-electron chi connectivity index (χ0n) is 15.8. The molecular formula is C20H25BrN2O4. The number of amides is 1. The van der Waals surface area contributed by atoms with Crippen molar-refractivity contribution >= 4 is 27.5 Å². The molecule has 2 rings (SSSR count). The van der Waals surface area contributed by atoms with Crippen molar-refractivity contribution in [2.45, 2.75) is 13.5 Å². The minimum atomic E-state index is -0.238. The predicted molar refractivity (Wildman–Crippen MR) is 110 cm³/mol. The van der Waals surface area contributed by atoms with Crippen LogP contribution in [0.4, 0.5) is 5.69 Å². The molecule has 0 aliphatic carbocycles. The second kappa shape index (κ2) is 10.9. The molecule has 0 aromatic heterocycles. The number of hydrogen-bond acceptors (Lipinski definition) is 5. The molecule has 2 N–H and O–H groups in total. The van der Waals surface area contributed by atoms with Crippen molar-refractivity contribution in [2.24, 2.45) is 0 Å². The molecule has 2 aromatic rings. The Morgan fingerprint density at radius 3 is 2.56 bits per heavy atom. The summed E-state index contributed by atoms with van der Waals surface area (Å²) in [7, 11) is 3.24. The molecule has 0 heterocycles. The molecule has 27 heavy (non-hydrogen) atoms. The van der Waals surface area contributed by atoms with Crippen LogP contribution in [0.5, 0.6) is 11.5 Å². The van der Waals surface area contributed by atoms with Gasteiger partial charge in [0.05, 0.1) is 18.2 Å². The normalized spacial score (nSPS) is 10.5. The predicted octanol–water partition coefficient (Wildman–Crippen LogP) is 3.52. The first kappa shape index (κ1) is 21.2. The van der Waals surface area contributed by atoms with Crippen molar-refractivity contribution < 1.29 is 19.0 Å². The minimum absolute atomic E-state index is 0.117. The molecule has 7 heteroatoms. The van der Waals surface area contributed by atoms with Crippen LogP contribution in [0, 0.1) is 6.92 Å². The number of ether oxygens (including phenoxy) is 3. The van der Waals surface area contributed by atoms with Crippen molar-refractivity contribution in [3.05, 3.63) is 52.0 Å². The SMILES string of the molecule is COCCNCc1cc(Br)c(OCC(=O)Nc2ccc(C)cc2)c(OC)c1. The second-order valence-electron chi connectivity index (χ2n) is 5.98. The number of carbonyl (C=O) groups is 1. The van der Waals surface area contributed by atoms with E-state index in [1.54, 1.807) is 14.2 Å². The molecule has 0 radical (unpaired) electrons. The van der Waals surface area contributed by atoms with Crippen LogP contribution in [-0.4, -0.2) is 39.9 Å². The van der Waals surface area contributed by atoms with Gasteiger partial charge >= 0.3 is 0 Å². The van der Waals surface area contributed by atoms with Crippen LogP contribution in [0.2, 0.25) is 0 Å². The maximum Gasteiger partial charge on any atom is 0.262 e. The van der Waals surface area contributed by atoms with Gasteiger partial charge in [-0.25, -0.2) is 0 Å². The molecule has 0 fully saturated rings. The van der Waals surface area contributed by atoms with E-state index in [-0.39, 0.29) is 12.5 Å². The molecule has 0 atom stereocenters. The van der Waals surface area contributed by atoms with Gasteiger partial charge in [0.1, 0.15) is 0 Å². The van der Waals surface area contributed by atoms with Gasteiger partial charge in [-0.1, -0.05) is 17.7 Å². The average molecular weight is 437 g/mol. The maximum atomic E-state index is 12.1. The molecule has 146 valence electrons. The third kappa shape index (κ3) is 6.86.